The summed E-state index contributed by atoms with van der Waals surface area (Å²) in [6.45, 7) is 3.79. The molecule has 2 aliphatic rings. The van der Waals surface area contributed by atoms with Gasteiger partial charge in [0.05, 0.1) is 6.61 Å². The third-order valence-corrected chi connectivity index (χ3v) is 4.60. The number of nitrogens with one attached hydrogen (secondary N) is 1. The zero-order valence-electron chi connectivity index (χ0n) is 12.9. The lowest BCUT2D eigenvalue weighted by atomic mass is 9.97. The summed E-state index contributed by atoms with van der Waals surface area (Å²) in [5, 5.41) is 3.68. The van der Waals surface area contributed by atoms with E-state index >= 15 is 0 Å². The van der Waals surface area contributed by atoms with Crippen LogP contribution in [-0.2, 0) is 4.74 Å². The fraction of sp³-hybridized carbons (Fsp3) is 0.647. The number of rotatable bonds is 6. The predicted octanol–water partition coefficient (Wildman–Crippen LogP) is 2.75. The maximum absolute atomic E-state index is 5.59. The monoisotopic (exact) mass is 290 g/mol. The van der Waals surface area contributed by atoms with Gasteiger partial charge in [-0.1, -0.05) is 0 Å². The normalized spacial score (nSPS) is 25.6. The van der Waals surface area contributed by atoms with E-state index in [4.69, 9.17) is 9.47 Å². The Morgan fingerprint density at radius 1 is 1.14 bits per heavy atom. The topological polar surface area (TPSA) is 33.7 Å². The van der Waals surface area contributed by atoms with Crippen LogP contribution in [0.25, 0.3) is 0 Å². The van der Waals surface area contributed by atoms with E-state index < -0.39 is 0 Å². The average molecular weight is 290 g/mol. The summed E-state index contributed by atoms with van der Waals surface area (Å²) in [7, 11) is 1.69. The van der Waals surface area contributed by atoms with Crippen LogP contribution in [0.4, 0.5) is 5.69 Å². The third-order valence-electron chi connectivity index (χ3n) is 4.60. The van der Waals surface area contributed by atoms with Crippen molar-refractivity contribution in [3.8, 4) is 5.75 Å². The van der Waals surface area contributed by atoms with Crippen molar-refractivity contribution in [3.63, 3.8) is 0 Å². The number of piperidine rings is 1. The molecule has 2 unspecified atom stereocenters. The fourth-order valence-electron chi connectivity index (χ4n) is 3.48. The predicted molar refractivity (Wildman–Crippen MR) is 85.1 cm³/mol. The summed E-state index contributed by atoms with van der Waals surface area (Å²) in [5.41, 5.74) is 1.20. The Bertz CT molecular complexity index is 435. The molecule has 3 rings (SSSR count). The molecule has 1 aromatic carbocycles. The Kier molecular flexibility index (Phi) is 4.99. The molecule has 2 heterocycles. The molecule has 0 amide bonds. The first-order valence-electron chi connectivity index (χ1n) is 8.07. The number of benzene rings is 1. The van der Waals surface area contributed by atoms with Crippen LogP contribution in [0.3, 0.4) is 0 Å². The molecule has 1 N–H and O–H groups in total. The maximum atomic E-state index is 5.59. The van der Waals surface area contributed by atoms with E-state index in [0.29, 0.717) is 19.3 Å². The van der Waals surface area contributed by atoms with Crippen LogP contribution < -0.4 is 10.1 Å². The molecule has 2 aliphatic heterocycles. The Morgan fingerprint density at radius 3 is 2.81 bits per heavy atom. The van der Waals surface area contributed by atoms with Gasteiger partial charge in [0.25, 0.3) is 0 Å². The first-order valence-corrected chi connectivity index (χ1v) is 8.07. The van der Waals surface area contributed by atoms with Crippen molar-refractivity contribution in [2.75, 3.05) is 38.7 Å². The Hall–Kier alpha value is -1.26. The Balaban J connectivity index is 1.48. The molecule has 0 radical (unpaired) electrons. The van der Waals surface area contributed by atoms with Gasteiger partial charge in [0.1, 0.15) is 12.4 Å². The highest BCUT2D eigenvalue weighted by Crippen LogP contribution is 2.28. The van der Waals surface area contributed by atoms with Crippen LogP contribution in [0, 0.1) is 0 Å². The lowest BCUT2D eigenvalue weighted by Gasteiger charge is -2.35. The second-order valence-corrected chi connectivity index (χ2v) is 6.06. The highest BCUT2D eigenvalue weighted by atomic mass is 16.5. The van der Waals surface area contributed by atoms with Crippen LogP contribution >= 0.6 is 0 Å². The number of ether oxygens (including phenoxy) is 2. The molecule has 0 bridgehead atoms. The number of hydrogen-bond donors (Lipinski definition) is 1. The first kappa shape index (κ1) is 14.7. The van der Waals surface area contributed by atoms with E-state index in [0.717, 1.165) is 11.8 Å². The summed E-state index contributed by atoms with van der Waals surface area (Å²) in [6, 6.07) is 9.72. The molecule has 4 nitrogen and oxygen atoms in total. The quantitative estimate of drug-likeness (QED) is 0.817. The van der Waals surface area contributed by atoms with E-state index in [1.807, 2.05) is 12.1 Å². The van der Waals surface area contributed by atoms with Crippen LogP contribution in [0.5, 0.6) is 5.75 Å². The minimum absolute atomic E-state index is 0.601. The lowest BCUT2D eigenvalue weighted by molar-refractivity contribution is 0.146. The second-order valence-electron chi connectivity index (χ2n) is 6.06. The summed E-state index contributed by atoms with van der Waals surface area (Å²) in [5.74, 6) is 0.906. The number of fused-ring (bicyclic) bond motifs is 1. The van der Waals surface area contributed by atoms with Gasteiger partial charge in [-0.05, 0) is 56.5 Å². The van der Waals surface area contributed by atoms with E-state index in [9.17, 15) is 0 Å². The van der Waals surface area contributed by atoms with Crippen molar-refractivity contribution in [1.82, 2.24) is 4.90 Å². The van der Waals surface area contributed by atoms with Crippen molar-refractivity contribution >= 4 is 5.69 Å². The second kappa shape index (κ2) is 7.14. The molecular formula is C17H26N2O2. The molecule has 4 heteroatoms. The van der Waals surface area contributed by atoms with Crippen molar-refractivity contribution in [3.05, 3.63) is 24.3 Å². The zero-order valence-corrected chi connectivity index (χ0v) is 12.9. The van der Waals surface area contributed by atoms with Crippen molar-refractivity contribution in [1.29, 1.82) is 0 Å². The standard InChI is InChI=1S/C17H26N2O2/c1-20-11-12-21-17-6-4-14(5-7-17)18-15-8-10-19-9-2-3-16(19)13-15/h4-7,15-16,18H,2-3,8-13H2,1H3. The van der Waals surface area contributed by atoms with Gasteiger partial charge in [0.2, 0.25) is 0 Å². The molecule has 0 aliphatic carbocycles. The molecule has 116 valence electrons. The van der Waals surface area contributed by atoms with Crippen molar-refractivity contribution in [2.24, 2.45) is 0 Å². The summed E-state index contributed by atoms with van der Waals surface area (Å²) >= 11 is 0. The van der Waals surface area contributed by atoms with Gasteiger partial charge in [0, 0.05) is 31.4 Å². The number of hydrogen-bond acceptors (Lipinski definition) is 4. The number of methoxy groups -OCH3 is 1. The fourth-order valence-corrected chi connectivity index (χ4v) is 3.48. The molecule has 2 atom stereocenters. The molecule has 2 saturated heterocycles. The minimum atomic E-state index is 0.601. The lowest BCUT2D eigenvalue weighted by Crippen LogP contribution is -2.42. The van der Waals surface area contributed by atoms with Crippen molar-refractivity contribution in [2.45, 2.75) is 37.8 Å². The summed E-state index contributed by atoms with van der Waals surface area (Å²) in [6.07, 6.45) is 5.30. The van der Waals surface area contributed by atoms with E-state index in [1.54, 1.807) is 7.11 Å². The molecular weight excluding hydrogens is 264 g/mol. The van der Waals surface area contributed by atoms with Crippen LogP contribution in [0.15, 0.2) is 24.3 Å². The average Bonchev–Trinajstić information content (AvgIpc) is 2.97. The van der Waals surface area contributed by atoms with E-state index in [2.05, 4.69) is 22.3 Å². The van der Waals surface area contributed by atoms with Crippen LogP contribution in [0.1, 0.15) is 25.7 Å². The van der Waals surface area contributed by atoms with Gasteiger partial charge in [-0.2, -0.15) is 0 Å². The van der Waals surface area contributed by atoms with Gasteiger partial charge >= 0.3 is 0 Å². The zero-order chi connectivity index (χ0) is 14.5. The molecule has 0 aromatic heterocycles. The van der Waals surface area contributed by atoms with E-state index in [-0.39, 0.29) is 0 Å². The van der Waals surface area contributed by atoms with Gasteiger partial charge in [-0.15, -0.1) is 0 Å². The van der Waals surface area contributed by atoms with Gasteiger partial charge in [-0.3, -0.25) is 0 Å². The van der Waals surface area contributed by atoms with Gasteiger partial charge in [0.15, 0.2) is 0 Å². The molecule has 2 fully saturated rings. The highest BCUT2D eigenvalue weighted by Gasteiger charge is 2.31. The maximum Gasteiger partial charge on any atom is 0.119 e. The SMILES string of the molecule is COCCOc1ccc(NC2CCN3CCCC3C2)cc1. The van der Waals surface area contributed by atoms with Crippen molar-refractivity contribution < 1.29 is 9.47 Å². The summed E-state index contributed by atoms with van der Waals surface area (Å²) in [4.78, 5) is 2.66. The van der Waals surface area contributed by atoms with Crippen LogP contribution in [-0.4, -0.2) is 50.4 Å². The number of anilines is 1. The third kappa shape index (κ3) is 3.89. The van der Waals surface area contributed by atoms with Gasteiger partial charge in [-0.25, -0.2) is 0 Å². The van der Waals surface area contributed by atoms with Gasteiger partial charge < -0.3 is 19.7 Å². The van der Waals surface area contributed by atoms with Crippen LogP contribution in [0.2, 0.25) is 0 Å². The largest absolute Gasteiger partial charge is 0.491 e. The Labute approximate surface area is 127 Å². The highest BCUT2D eigenvalue weighted by molar-refractivity contribution is 5.47. The smallest absolute Gasteiger partial charge is 0.119 e. The molecule has 1 aromatic rings. The summed E-state index contributed by atoms with van der Waals surface area (Å²) < 4.78 is 10.6. The molecule has 0 saturated carbocycles. The molecule has 21 heavy (non-hydrogen) atoms. The molecule has 0 spiro atoms. The minimum Gasteiger partial charge on any atom is -0.491 e. The first-order chi connectivity index (χ1) is 10.3. The van der Waals surface area contributed by atoms with E-state index in [1.165, 1.54) is 44.5 Å². The number of nitrogens with zero attached hydrogens (tertiary/aromatic N) is 1. The Morgan fingerprint density at radius 2 is 2.00 bits per heavy atom.